The maximum absolute atomic E-state index is 13.1. The van der Waals surface area contributed by atoms with Crippen LogP contribution in [0.25, 0.3) is 6.08 Å². The first kappa shape index (κ1) is 17.9. The summed E-state index contributed by atoms with van der Waals surface area (Å²) in [6.07, 6.45) is 3.12. The molecule has 0 saturated heterocycles. The van der Waals surface area contributed by atoms with Crippen LogP contribution < -0.4 is 0 Å². The van der Waals surface area contributed by atoms with E-state index in [4.69, 9.17) is 0 Å². The Morgan fingerprint density at radius 3 is 2.68 bits per heavy atom. The summed E-state index contributed by atoms with van der Waals surface area (Å²) in [4.78, 5) is 25.0. The van der Waals surface area contributed by atoms with E-state index in [-0.39, 0.29) is 30.0 Å². The lowest BCUT2D eigenvalue weighted by Gasteiger charge is -2.22. The van der Waals surface area contributed by atoms with Crippen LogP contribution in [0.4, 0.5) is 4.39 Å². The molecule has 0 N–H and O–H groups in total. The molecule has 0 atom stereocenters. The Morgan fingerprint density at radius 2 is 2.09 bits per heavy atom. The van der Waals surface area contributed by atoms with Gasteiger partial charge < -0.3 is 9.64 Å². The van der Waals surface area contributed by atoms with Gasteiger partial charge in [-0.15, -0.1) is 0 Å². The van der Waals surface area contributed by atoms with Crippen molar-refractivity contribution in [3.8, 4) is 0 Å². The second kappa shape index (κ2) is 8.97. The summed E-state index contributed by atoms with van der Waals surface area (Å²) >= 11 is 0. The SMILES string of the molecule is COC(=O)CCN(CC(C)C)C(=O)C=Cc1cccc(F)c1. The maximum atomic E-state index is 13.1. The van der Waals surface area contributed by atoms with Crippen LogP contribution in [-0.2, 0) is 14.3 Å². The van der Waals surface area contributed by atoms with E-state index < -0.39 is 0 Å². The molecule has 0 heterocycles. The molecule has 0 aliphatic rings. The van der Waals surface area contributed by atoms with Crippen LogP contribution in [-0.4, -0.2) is 37.0 Å². The fourth-order valence-corrected chi connectivity index (χ4v) is 1.94. The van der Waals surface area contributed by atoms with Crippen molar-refractivity contribution < 1.29 is 18.7 Å². The van der Waals surface area contributed by atoms with Crippen molar-refractivity contribution in [1.82, 2.24) is 4.90 Å². The van der Waals surface area contributed by atoms with E-state index in [2.05, 4.69) is 4.74 Å². The Morgan fingerprint density at radius 1 is 1.36 bits per heavy atom. The van der Waals surface area contributed by atoms with E-state index in [1.165, 1.54) is 25.3 Å². The summed E-state index contributed by atoms with van der Waals surface area (Å²) < 4.78 is 17.7. The number of rotatable bonds is 7. The van der Waals surface area contributed by atoms with E-state index in [1.54, 1.807) is 23.1 Å². The first-order valence-electron chi connectivity index (χ1n) is 7.21. The predicted molar refractivity (Wildman–Crippen MR) is 83.5 cm³/mol. The minimum Gasteiger partial charge on any atom is -0.469 e. The number of carbonyl (C=O) groups excluding carboxylic acids is 2. The van der Waals surface area contributed by atoms with Gasteiger partial charge in [-0.25, -0.2) is 4.39 Å². The Balaban J connectivity index is 2.71. The third-order valence-electron chi connectivity index (χ3n) is 2.98. The van der Waals surface area contributed by atoms with Crippen LogP contribution in [0.1, 0.15) is 25.8 Å². The fourth-order valence-electron chi connectivity index (χ4n) is 1.94. The first-order chi connectivity index (χ1) is 10.4. The van der Waals surface area contributed by atoms with Crippen LogP contribution in [0, 0.1) is 11.7 Å². The zero-order valence-electron chi connectivity index (χ0n) is 13.2. The number of hydrogen-bond acceptors (Lipinski definition) is 3. The molecule has 1 aromatic rings. The highest BCUT2D eigenvalue weighted by molar-refractivity contribution is 5.92. The van der Waals surface area contributed by atoms with Gasteiger partial charge in [0.15, 0.2) is 0 Å². The average Bonchev–Trinajstić information content (AvgIpc) is 2.48. The zero-order valence-corrected chi connectivity index (χ0v) is 13.2. The molecule has 0 saturated carbocycles. The summed E-state index contributed by atoms with van der Waals surface area (Å²) in [7, 11) is 1.32. The molecule has 0 radical (unpaired) electrons. The Labute approximate surface area is 130 Å². The molecule has 0 fully saturated rings. The first-order valence-corrected chi connectivity index (χ1v) is 7.21. The second-order valence-electron chi connectivity index (χ2n) is 5.39. The van der Waals surface area contributed by atoms with E-state index in [0.29, 0.717) is 18.7 Å². The smallest absolute Gasteiger partial charge is 0.307 e. The molecular formula is C17H22FNO3. The number of amides is 1. The number of nitrogens with zero attached hydrogens (tertiary/aromatic N) is 1. The Bertz CT molecular complexity index is 540. The number of hydrogen-bond donors (Lipinski definition) is 0. The summed E-state index contributed by atoms with van der Waals surface area (Å²) in [5.74, 6) is -0.624. The zero-order chi connectivity index (χ0) is 16.5. The minimum atomic E-state index is -0.351. The highest BCUT2D eigenvalue weighted by Gasteiger charge is 2.14. The van der Waals surface area contributed by atoms with E-state index in [9.17, 15) is 14.0 Å². The third-order valence-corrected chi connectivity index (χ3v) is 2.98. The molecule has 0 bridgehead atoms. The quantitative estimate of drug-likeness (QED) is 0.575. The summed E-state index contributed by atoms with van der Waals surface area (Å²) in [5.41, 5.74) is 0.616. The van der Waals surface area contributed by atoms with Crippen molar-refractivity contribution >= 4 is 18.0 Å². The molecular weight excluding hydrogens is 285 g/mol. The lowest BCUT2D eigenvalue weighted by molar-refractivity contribution is -0.141. The van der Waals surface area contributed by atoms with E-state index in [1.807, 2.05) is 13.8 Å². The highest BCUT2D eigenvalue weighted by Crippen LogP contribution is 2.07. The average molecular weight is 307 g/mol. The molecule has 1 aromatic carbocycles. The molecule has 22 heavy (non-hydrogen) atoms. The third kappa shape index (κ3) is 6.52. The molecule has 0 spiro atoms. The molecule has 1 rings (SSSR count). The van der Waals surface area contributed by atoms with Gasteiger partial charge in [0.2, 0.25) is 5.91 Å². The number of benzene rings is 1. The van der Waals surface area contributed by atoms with Gasteiger partial charge in [-0.05, 0) is 29.7 Å². The van der Waals surface area contributed by atoms with Crippen LogP contribution >= 0.6 is 0 Å². The lowest BCUT2D eigenvalue weighted by Crippen LogP contribution is -2.34. The lowest BCUT2D eigenvalue weighted by atomic mass is 10.1. The second-order valence-corrected chi connectivity index (χ2v) is 5.39. The number of ether oxygens (including phenoxy) is 1. The van der Waals surface area contributed by atoms with Gasteiger partial charge >= 0.3 is 5.97 Å². The standard InChI is InChI=1S/C17H22FNO3/c1-13(2)12-19(10-9-17(21)22-3)16(20)8-7-14-5-4-6-15(18)11-14/h4-8,11,13H,9-10,12H2,1-3H3. The number of halogens is 1. The molecule has 4 nitrogen and oxygen atoms in total. The molecule has 1 amide bonds. The van der Waals surface area contributed by atoms with Crippen LogP contribution in [0.15, 0.2) is 30.3 Å². The van der Waals surface area contributed by atoms with Crippen molar-refractivity contribution in [3.63, 3.8) is 0 Å². The van der Waals surface area contributed by atoms with Crippen LogP contribution in [0.3, 0.4) is 0 Å². The molecule has 0 aromatic heterocycles. The largest absolute Gasteiger partial charge is 0.469 e. The number of methoxy groups -OCH3 is 1. The number of esters is 1. The fraction of sp³-hybridized carbons (Fsp3) is 0.412. The molecule has 120 valence electrons. The minimum absolute atomic E-state index is 0.156. The Hall–Kier alpha value is -2.17. The maximum Gasteiger partial charge on any atom is 0.307 e. The monoisotopic (exact) mass is 307 g/mol. The topological polar surface area (TPSA) is 46.6 Å². The van der Waals surface area contributed by atoms with Crippen molar-refractivity contribution in [2.75, 3.05) is 20.2 Å². The van der Waals surface area contributed by atoms with Gasteiger partial charge in [0.25, 0.3) is 0 Å². The van der Waals surface area contributed by atoms with Crippen molar-refractivity contribution in [2.45, 2.75) is 20.3 Å². The summed E-state index contributed by atoms with van der Waals surface area (Å²) in [6, 6.07) is 6.00. The summed E-state index contributed by atoms with van der Waals surface area (Å²) in [6.45, 7) is 4.84. The van der Waals surface area contributed by atoms with E-state index in [0.717, 1.165) is 0 Å². The normalized spacial score (nSPS) is 11.0. The summed E-state index contributed by atoms with van der Waals surface area (Å²) in [5, 5.41) is 0. The van der Waals surface area contributed by atoms with Gasteiger partial charge in [-0.2, -0.15) is 0 Å². The van der Waals surface area contributed by atoms with Gasteiger partial charge in [-0.1, -0.05) is 26.0 Å². The number of carbonyl (C=O) groups is 2. The highest BCUT2D eigenvalue weighted by atomic mass is 19.1. The van der Waals surface area contributed by atoms with Crippen molar-refractivity contribution in [2.24, 2.45) is 5.92 Å². The Kier molecular flexibility index (Phi) is 7.29. The molecule has 0 aliphatic heterocycles. The predicted octanol–water partition coefficient (Wildman–Crippen LogP) is 2.89. The molecule has 5 heteroatoms. The van der Waals surface area contributed by atoms with E-state index >= 15 is 0 Å². The van der Waals surface area contributed by atoms with Crippen LogP contribution in [0.5, 0.6) is 0 Å². The molecule has 0 aliphatic carbocycles. The van der Waals surface area contributed by atoms with Gasteiger partial charge in [0.1, 0.15) is 5.82 Å². The van der Waals surface area contributed by atoms with Crippen molar-refractivity contribution in [3.05, 3.63) is 41.7 Å². The van der Waals surface area contributed by atoms with Crippen LogP contribution in [0.2, 0.25) is 0 Å². The van der Waals surface area contributed by atoms with Gasteiger partial charge in [0, 0.05) is 19.2 Å². The van der Waals surface area contributed by atoms with Crippen molar-refractivity contribution in [1.29, 1.82) is 0 Å². The molecule has 0 unspecified atom stereocenters. The van der Waals surface area contributed by atoms with Gasteiger partial charge in [0.05, 0.1) is 13.5 Å². The van der Waals surface area contributed by atoms with Gasteiger partial charge in [-0.3, -0.25) is 9.59 Å².